The molecule has 1 amide bonds. The van der Waals surface area contributed by atoms with E-state index in [0.717, 1.165) is 16.9 Å². The largest absolute Gasteiger partial charge is 0.459 e. The first-order valence-electron chi connectivity index (χ1n) is 7.91. The molecule has 2 aromatic carbocycles. The van der Waals surface area contributed by atoms with Gasteiger partial charge in [0.1, 0.15) is 11.4 Å². The topological polar surface area (TPSA) is 87.3 Å². The van der Waals surface area contributed by atoms with Crippen LogP contribution in [0, 0.1) is 0 Å². The van der Waals surface area contributed by atoms with Crippen molar-refractivity contribution < 1.29 is 14.3 Å². The minimum absolute atomic E-state index is 0.0986. The van der Waals surface area contributed by atoms with Crippen LogP contribution in [0.5, 0.6) is 5.75 Å². The number of hydrogen-bond acceptors (Lipinski definition) is 5. The molecule has 1 aliphatic heterocycles. The van der Waals surface area contributed by atoms with E-state index in [2.05, 4.69) is 9.97 Å². The molecular weight excluding hydrogens is 354 g/mol. The number of carbonyl (C=O) groups excluding carboxylic acids is 1. The van der Waals surface area contributed by atoms with E-state index in [1.165, 1.54) is 0 Å². The van der Waals surface area contributed by atoms with Gasteiger partial charge >= 0.3 is 0 Å². The van der Waals surface area contributed by atoms with Crippen molar-refractivity contribution in [1.82, 2.24) is 9.97 Å². The van der Waals surface area contributed by atoms with Crippen LogP contribution in [0.1, 0.15) is 28.2 Å². The predicted molar refractivity (Wildman–Crippen MR) is 95.6 cm³/mol. The van der Waals surface area contributed by atoms with Gasteiger partial charge in [0, 0.05) is 16.1 Å². The number of amides is 1. The first kappa shape index (κ1) is 16.5. The summed E-state index contributed by atoms with van der Waals surface area (Å²) in [5.41, 5.74) is 8.08. The lowest BCUT2D eigenvalue weighted by Gasteiger charge is -2.26. The molecule has 0 fully saturated rings. The molecule has 130 valence electrons. The quantitative estimate of drug-likeness (QED) is 0.765. The van der Waals surface area contributed by atoms with E-state index >= 15 is 0 Å². The van der Waals surface area contributed by atoms with Crippen LogP contribution in [0.4, 0.5) is 0 Å². The zero-order chi connectivity index (χ0) is 18.1. The molecule has 1 atom stereocenters. The van der Waals surface area contributed by atoms with Gasteiger partial charge in [-0.25, -0.2) is 9.97 Å². The van der Waals surface area contributed by atoms with Crippen molar-refractivity contribution in [3.05, 3.63) is 76.7 Å². The van der Waals surface area contributed by atoms with Crippen LogP contribution >= 0.6 is 11.6 Å². The molecule has 1 aromatic heterocycles. The molecule has 2 heterocycles. The number of nitrogens with zero attached hydrogens (tertiary/aromatic N) is 2. The summed E-state index contributed by atoms with van der Waals surface area (Å²) in [5, 5.41) is 0.605. The zero-order valence-corrected chi connectivity index (χ0v) is 14.3. The van der Waals surface area contributed by atoms with E-state index in [4.69, 9.17) is 26.8 Å². The number of carbonyl (C=O) groups is 1. The van der Waals surface area contributed by atoms with Gasteiger partial charge in [-0.05, 0) is 24.3 Å². The highest BCUT2D eigenvalue weighted by atomic mass is 35.5. The van der Waals surface area contributed by atoms with Crippen molar-refractivity contribution in [2.45, 2.75) is 12.9 Å². The second kappa shape index (κ2) is 6.74. The fourth-order valence-electron chi connectivity index (χ4n) is 2.66. The van der Waals surface area contributed by atoms with Gasteiger partial charge in [-0.3, -0.25) is 4.79 Å². The van der Waals surface area contributed by atoms with Crippen molar-refractivity contribution in [3.8, 4) is 17.0 Å². The average molecular weight is 368 g/mol. The van der Waals surface area contributed by atoms with E-state index in [-0.39, 0.29) is 5.82 Å². The Bertz CT molecular complexity index is 976. The molecule has 6 nitrogen and oxygen atoms in total. The third-order valence-electron chi connectivity index (χ3n) is 3.94. The highest BCUT2D eigenvalue weighted by Gasteiger charge is 2.25. The lowest BCUT2D eigenvalue weighted by atomic mass is 10.1. The van der Waals surface area contributed by atoms with Gasteiger partial charge in [0.05, 0.1) is 12.3 Å². The average Bonchev–Trinajstić information content (AvgIpc) is 2.67. The molecule has 1 unspecified atom stereocenters. The zero-order valence-electron chi connectivity index (χ0n) is 13.6. The van der Waals surface area contributed by atoms with Crippen LogP contribution in [-0.2, 0) is 11.3 Å². The molecule has 26 heavy (non-hydrogen) atoms. The minimum atomic E-state index is -0.753. The fourth-order valence-corrected chi connectivity index (χ4v) is 2.79. The molecule has 0 radical (unpaired) electrons. The number of primary amides is 1. The smallest absolute Gasteiger partial charge is 0.286 e. The standard InChI is InChI=1S/C19H14ClN3O3/c20-13-7-5-11(6-8-13)14-9-15(23-18(22-14)17(21)24)19-25-10-12-3-1-2-4-16(12)26-19/h1-9,19H,10H2,(H2,21,24). The van der Waals surface area contributed by atoms with Crippen LogP contribution in [0.15, 0.2) is 54.6 Å². The fraction of sp³-hybridized carbons (Fsp3) is 0.105. The highest BCUT2D eigenvalue weighted by molar-refractivity contribution is 6.30. The molecule has 3 aromatic rings. The number of ether oxygens (including phenoxy) is 2. The Morgan fingerprint density at radius 2 is 1.88 bits per heavy atom. The predicted octanol–water partition coefficient (Wildman–Crippen LogP) is 3.50. The van der Waals surface area contributed by atoms with Gasteiger partial charge in [-0.1, -0.05) is 41.9 Å². The lowest BCUT2D eigenvalue weighted by molar-refractivity contribution is -0.114. The molecule has 0 saturated heterocycles. The minimum Gasteiger partial charge on any atom is -0.459 e. The molecule has 1 aliphatic rings. The number of fused-ring (bicyclic) bond motifs is 1. The molecule has 2 N–H and O–H groups in total. The number of aromatic nitrogens is 2. The molecular formula is C19H14ClN3O3. The number of hydrogen-bond donors (Lipinski definition) is 1. The lowest BCUT2D eigenvalue weighted by Crippen LogP contribution is -2.22. The van der Waals surface area contributed by atoms with Crippen LogP contribution in [-0.4, -0.2) is 15.9 Å². The summed E-state index contributed by atoms with van der Waals surface area (Å²) in [6.45, 7) is 0.382. The van der Waals surface area contributed by atoms with Crippen LogP contribution in [0.3, 0.4) is 0 Å². The summed E-state index contributed by atoms with van der Waals surface area (Å²) in [6.07, 6.45) is -0.753. The van der Waals surface area contributed by atoms with Gasteiger partial charge in [0.25, 0.3) is 5.91 Å². The number of benzene rings is 2. The number of para-hydroxylation sites is 1. The molecule has 0 spiro atoms. The summed E-state index contributed by atoms with van der Waals surface area (Å²) in [6, 6.07) is 16.4. The summed E-state index contributed by atoms with van der Waals surface area (Å²) in [4.78, 5) is 20.1. The Hall–Kier alpha value is -2.96. The second-order valence-corrected chi connectivity index (χ2v) is 6.18. The van der Waals surface area contributed by atoms with Crippen molar-refractivity contribution in [3.63, 3.8) is 0 Å². The third kappa shape index (κ3) is 3.24. The summed E-state index contributed by atoms with van der Waals surface area (Å²) in [5.74, 6) is -0.104. The maximum atomic E-state index is 11.7. The highest BCUT2D eigenvalue weighted by Crippen LogP contribution is 2.33. The Kier molecular flexibility index (Phi) is 4.28. The summed E-state index contributed by atoms with van der Waals surface area (Å²) >= 11 is 5.93. The van der Waals surface area contributed by atoms with Gasteiger partial charge < -0.3 is 15.2 Å². The maximum absolute atomic E-state index is 11.7. The van der Waals surface area contributed by atoms with Crippen molar-refractivity contribution >= 4 is 17.5 Å². The molecule has 4 rings (SSSR count). The van der Waals surface area contributed by atoms with Crippen molar-refractivity contribution in [2.24, 2.45) is 5.73 Å². The van der Waals surface area contributed by atoms with Crippen LogP contribution in [0.2, 0.25) is 5.02 Å². The summed E-state index contributed by atoms with van der Waals surface area (Å²) < 4.78 is 11.6. The van der Waals surface area contributed by atoms with Crippen molar-refractivity contribution in [1.29, 1.82) is 0 Å². The SMILES string of the molecule is NC(=O)c1nc(-c2ccc(Cl)cc2)cc(C2OCc3ccccc3O2)n1. The van der Waals surface area contributed by atoms with Gasteiger partial charge in [-0.15, -0.1) is 0 Å². The second-order valence-electron chi connectivity index (χ2n) is 5.74. The van der Waals surface area contributed by atoms with E-state index in [0.29, 0.717) is 23.0 Å². The number of rotatable bonds is 3. The molecule has 0 saturated carbocycles. The van der Waals surface area contributed by atoms with Crippen LogP contribution < -0.4 is 10.5 Å². The van der Waals surface area contributed by atoms with E-state index in [1.807, 2.05) is 24.3 Å². The third-order valence-corrected chi connectivity index (χ3v) is 4.20. The van der Waals surface area contributed by atoms with E-state index < -0.39 is 12.2 Å². The van der Waals surface area contributed by atoms with Crippen molar-refractivity contribution in [2.75, 3.05) is 0 Å². The summed E-state index contributed by atoms with van der Waals surface area (Å²) in [7, 11) is 0. The van der Waals surface area contributed by atoms with Crippen LogP contribution in [0.25, 0.3) is 11.3 Å². The molecule has 0 bridgehead atoms. The maximum Gasteiger partial charge on any atom is 0.286 e. The van der Waals surface area contributed by atoms with Gasteiger partial charge in [0.2, 0.25) is 12.1 Å². The Labute approximate surface area is 154 Å². The van der Waals surface area contributed by atoms with E-state index in [1.54, 1.807) is 30.3 Å². The van der Waals surface area contributed by atoms with Gasteiger partial charge in [0.15, 0.2) is 0 Å². The number of halogens is 1. The first-order chi connectivity index (χ1) is 12.6. The Morgan fingerprint density at radius 3 is 2.65 bits per heavy atom. The monoisotopic (exact) mass is 367 g/mol. The Morgan fingerprint density at radius 1 is 1.12 bits per heavy atom. The van der Waals surface area contributed by atoms with Gasteiger partial charge in [-0.2, -0.15) is 0 Å². The number of nitrogens with two attached hydrogens (primary N) is 1. The normalized spacial score (nSPS) is 15.8. The van der Waals surface area contributed by atoms with E-state index in [9.17, 15) is 4.79 Å². The Balaban J connectivity index is 1.74. The first-order valence-corrected chi connectivity index (χ1v) is 8.29. The molecule has 0 aliphatic carbocycles. The molecule has 7 heteroatoms.